The van der Waals surface area contributed by atoms with E-state index in [9.17, 15) is 0 Å². The lowest BCUT2D eigenvalue weighted by Crippen LogP contribution is -2.14. The van der Waals surface area contributed by atoms with Crippen molar-refractivity contribution in [3.05, 3.63) is 169 Å². The summed E-state index contributed by atoms with van der Waals surface area (Å²) in [6, 6.07) is 48.9. The van der Waals surface area contributed by atoms with Crippen LogP contribution in [0.2, 0.25) is 0 Å². The molecule has 6 heteroatoms. The molecule has 6 nitrogen and oxygen atoms in total. The highest BCUT2D eigenvalue weighted by Crippen LogP contribution is 2.44. The van der Waals surface area contributed by atoms with E-state index >= 15 is 0 Å². The van der Waals surface area contributed by atoms with Gasteiger partial charge in [0, 0.05) is 23.5 Å². The van der Waals surface area contributed by atoms with Crippen LogP contribution < -0.4 is 19.9 Å². The molecule has 0 atom stereocenters. The molecular weight excluding hydrogens is 542 g/mol. The van der Waals surface area contributed by atoms with Crippen LogP contribution in [0, 0.1) is 0 Å². The van der Waals surface area contributed by atoms with E-state index in [0.717, 1.165) is 62.8 Å². The van der Waals surface area contributed by atoms with Crippen LogP contribution in [0.5, 0.6) is 5.75 Å². The van der Waals surface area contributed by atoms with Crippen molar-refractivity contribution in [1.29, 1.82) is 0 Å². The van der Waals surface area contributed by atoms with Gasteiger partial charge in [0.2, 0.25) is 5.88 Å². The molecule has 8 rings (SSSR count). The van der Waals surface area contributed by atoms with Gasteiger partial charge in [0.25, 0.3) is 0 Å². The van der Waals surface area contributed by atoms with Crippen molar-refractivity contribution in [1.82, 2.24) is 9.97 Å². The minimum Gasteiger partial charge on any atom is -0.438 e. The van der Waals surface area contributed by atoms with Crippen LogP contribution in [0.3, 0.4) is 0 Å². The Bertz CT molecular complexity index is 1890. The van der Waals surface area contributed by atoms with Gasteiger partial charge in [-0.25, -0.2) is 9.97 Å². The van der Waals surface area contributed by atoms with Gasteiger partial charge in [-0.2, -0.15) is 0 Å². The average Bonchev–Trinajstić information content (AvgIpc) is 3.63. The van der Waals surface area contributed by atoms with E-state index in [1.54, 1.807) is 0 Å². The van der Waals surface area contributed by atoms with Crippen LogP contribution >= 0.6 is 0 Å². The number of pyridine rings is 2. The molecule has 4 aromatic carbocycles. The first-order valence-electron chi connectivity index (χ1n) is 14.5. The number of para-hydroxylation sites is 6. The molecule has 2 aliphatic rings. The Morgan fingerprint density at radius 1 is 0.500 bits per heavy atom. The van der Waals surface area contributed by atoms with Crippen molar-refractivity contribution in [3.8, 4) is 17.1 Å². The van der Waals surface area contributed by atoms with Gasteiger partial charge in [0.05, 0.1) is 39.8 Å². The topological polar surface area (TPSA) is 53.5 Å². The summed E-state index contributed by atoms with van der Waals surface area (Å²) >= 11 is 0. The second-order valence-electron chi connectivity index (χ2n) is 10.5. The van der Waals surface area contributed by atoms with E-state index in [1.807, 2.05) is 91.0 Å². The van der Waals surface area contributed by atoms with Gasteiger partial charge in [0.15, 0.2) is 5.75 Å². The molecular formula is C38H27N5O. The second kappa shape index (κ2) is 10.9. The third kappa shape index (κ3) is 4.74. The maximum atomic E-state index is 6.30. The minimum atomic E-state index is 0.696. The molecule has 44 heavy (non-hydrogen) atoms. The molecule has 0 aliphatic carbocycles. The summed E-state index contributed by atoms with van der Waals surface area (Å²) < 4.78 is 6.30. The zero-order valence-corrected chi connectivity index (χ0v) is 23.7. The fraction of sp³-hybridized carbons (Fsp3) is 0. The Morgan fingerprint density at radius 2 is 1.07 bits per heavy atom. The largest absolute Gasteiger partial charge is 0.438 e. The summed E-state index contributed by atoms with van der Waals surface area (Å²) in [6.07, 6.45) is 4.05. The van der Waals surface area contributed by atoms with Crippen molar-refractivity contribution in [2.45, 2.75) is 0 Å². The molecule has 4 heterocycles. The third-order valence-corrected chi connectivity index (χ3v) is 7.58. The molecule has 210 valence electrons. The first kappa shape index (κ1) is 25.6. The number of hydrogen-bond donors (Lipinski definition) is 1. The van der Waals surface area contributed by atoms with Crippen LogP contribution in [0.1, 0.15) is 11.4 Å². The lowest BCUT2D eigenvalue weighted by Gasteiger charge is -2.20. The lowest BCUT2D eigenvalue weighted by molar-refractivity contribution is 0.452. The van der Waals surface area contributed by atoms with Gasteiger partial charge < -0.3 is 10.1 Å². The molecule has 0 bridgehead atoms. The molecule has 6 aromatic rings. The molecule has 0 unspecified atom stereocenters. The molecule has 0 saturated heterocycles. The summed E-state index contributed by atoms with van der Waals surface area (Å²) in [5.41, 5.74) is 8.43. The van der Waals surface area contributed by atoms with Crippen LogP contribution in [-0.4, -0.2) is 9.97 Å². The number of fused-ring (bicyclic) bond motifs is 2. The van der Waals surface area contributed by atoms with Crippen LogP contribution in [0.15, 0.2) is 157 Å². The number of aromatic nitrogens is 2. The maximum absolute atomic E-state index is 6.30. The van der Waals surface area contributed by atoms with Crippen molar-refractivity contribution >= 4 is 40.6 Å². The van der Waals surface area contributed by atoms with Gasteiger partial charge in [-0.3, -0.25) is 9.80 Å². The summed E-state index contributed by atoms with van der Waals surface area (Å²) in [7, 11) is 0. The minimum absolute atomic E-state index is 0.696. The predicted molar refractivity (Wildman–Crippen MR) is 178 cm³/mol. The third-order valence-electron chi connectivity index (χ3n) is 7.58. The zero-order chi connectivity index (χ0) is 29.3. The van der Waals surface area contributed by atoms with Crippen LogP contribution in [0.25, 0.3) is 23.5 Å². The van der Waals surface area contributed by atoms with E-state index < -0.39 is 0 Å². The molecule has 1 N–H and O–H groups in total. The fourth-order valence-electron chi connectivity index (χ4n) is 5.61. The number of nitrogens with one attached hydrogen (secondary N) is 1. The summed E-state index contributed by atoms with van der Waals surface area (Å²) in [4.78, 5) is 14.3. The maximum Gasteiger partial charge on any atom is 0.207 e. The molecule has 0 radical (unpaired) electrons. The van der Waals surface area contributed by atoms with Gasteiger partial charge >= 0.3 is 0 Å². The fourth-order valence-corrected chi connectivity index (χ4v) is 5.61. The SMILES string of the molecule is C(=C1Nc2ccccc2N1c1ccccc1)c1cccc(-c2cccc(C=C3Oc4ccccc4N3c3ccccc3)n2)n1. The number of nitrogens with zero attached hydrogens (tertiary/aromatic N) is 4. The highest BCUT2D eigenvalue weighted by atomic mass is 16.5. The Hall–Kier alpha value is -6.14. The Labute approximate surface area is 255 Å². The van der Waals surface area contributed by atoms with Crippen molar-refractivity contribution in [2.75, 3.05) is 15.1 Å². The smallest absolute Gasteiger partial charge is 0.207 e. The summed E-state index contributed by atoms with van der Waals surface area (Å²) in [5, 5.41) is 3.57. The predicted octanol–water partition coefficient (Wildman–Crippen LogP) is 9.23. The van der Waals surface area contributed by atoms with E-state index in [4.69, 9.17) is 14.7 Å². The number of benzene rings is 4. The zero-order valence-electron chi connectivity index (χ0n) is 23.7. The van der Waals surface area contributed by atoms with Gasteiger partial charge in [-0.1, -0.05) is 72.8 Å². The molecule has 2 aromatic heterocycles. The second-order valence-corrected chi connectivity index (χ2v) is 10.5. The summed E-state index contributed by atoms with van der Waals surface area (Å²) in [6.45, 7) is 0. The Balaban J connectivity index is 1.13. The molecule has 0 saturated carbocycles. The quantitative estimate of drug-likeness (QED) is 0.223. The van der Waals surface area contributed by atoms with E-state index in [0.29, 0.717) is 5.88 Å². The monoisotopic (exact) mass is 569 g/mol. The lowest BCUT2D eigenvalue weighted by atomic mass is 10.2. The van der Waals surface area contributed by atoms with Gasteiger partial charge in [0.1, 0.15) is 5.82 Å². The van der Waals surface area contributed by atoms with E-state index in [2.05, 4.69) is 81.9 Å². The average molecular weight is 570 g/mol. The van der Waals surface area contributed by atoms with E-state index in [1.165, 1.54) is 0 Å². The number of rotatable bonds is 5. The number of ether oxygens (including phenoxy) is 1. The molecule has 2 aliphatic heterocycles. The summed E-state index contributed by atoms with van der Waals surface area (Å²) in [5.74, 6) is 2.45. The van der Waals surface area contributed by atoms with Crippen molar-refractivity contribution < 1.29 is 4.74 Å². The first-order chi connectivity index (χ1) is 21.8. The molecule has 0 spiro atoms. The van der Waals surface area contributed by atoms with E-state index in [-0.39, 0.29) is 0 Å². The number of hydrogen-bond acceptors (Lipinski definition) is 6. The normalized spacial score (nSPS) is 15.2. The standard InChI is InChI=1S/C38H27N5O/c1-3-15-29(16-4-1)42-34-22-8-7-19-33(34)41-37(42)25-27-13-11-20-31(39-27)32-21-12-14-28(40-32)26-38-43(30-17-5-2-6-18-30)35-23-9-10-24-36(35)44-38/h1-26,41H. The Morgan fingerprint density at radius 3 is 1.77 bits per heavy atom. The van der Waals surface area contributed by atoms with Crippen molar-refractivity contribution in [3.63, 3.8) is 0 Å². The van der Waals surface area contributed by atoms with Gasteiger partial charge in [-0.15, -0.1) is 0 Å². The van der Waals surface area contributed by atoms with Crippen molar-refractivity contribution in [2.24, 2.45) is 0 Å². The number of anilines is 5. The molecule has 0 amide bonds. The highest BCUT2D eigenvalue weighted by Gasteiger charge is 2.28. The Kier molecular flexibility index (Phi) is 6.35. The van der Waals surface area contributed by atoms with Crippen LogP contribution in [-0.2, 0) is 0 Å². The van der Waals surface area contributed by atoms with Gasteiger partial charge in [-0.05, 0) is 72.8 Å². The van der Waals surface area contributed by atoms with Crippen LogP contribution in [0.4, 0.5) is 28.4 Å². The molecule has 0 fully saturated rings. The first-order valence-corrected chi connectivity index (χ1v) is 14.5. The highest BCUT2D eigenvalue weighted by molar-refractivity contribution is 5.89.